The summed E-state index contributed by atoms with van der Waals surface area (Å²) in [5, 5.41) is 18.8. The number of carbonyl (C=O) groups excluding carboxylic acids is 1. The van der Waals surface area contributed by atoms with E-state index in [0.29, 0.717) is 17.7 Å². The van der Waals surface area contributed by atoms with Crippen molar-refractivity contribution in [1.29, 1.82) is 0 Å². The number of rotatable bonds is 10. The number of nitrogens with zero attached hydrogens (tertiary/aromatic N) is 1. The molecule has 1 aromatic heterocycles. The smallest absolute Gasteiger partial charge is 0.251 e. The molecule has 0 fully saturated rings. The Labute approximate surface area is 233 Å². The molecule has 3 aromatic carbocycles. The number of halogens is 4. The second-order valence-corrected chi connectivity index (χ2v) is 8.87. The summed E-state index contributed by atoms with van der Waals surface area (Å²) in [6.45, 7) is 2.81. The molecule has 0 aliphatic rings. The minimum Gasteiger partial charge on any atom is -0.390 e. The number of pyridine rings is 1. The van der Waals surface area contributed by atoms with E-state index in [-0.39, 0.29) is 37.8 Å². The molecule has 0 aliphatic carbocycles. The van der Waals surface area contributed by atoms with Crippen molar-refractivity contribution >= 4 is 41.5 Å². The van der Waals surface area contributed by atoms with Crippen LogP contribution < -0.4 is 10.6 Å². The van der Waals surface area contributed by atoms with Crippen LogP contribution in [0.15, 0.2) is 79.1 Å². The fraction of sp³-hybridized carbons (Fsp3) is 0.241. The molecule has 2 atom stereocenters. The van der Waals surface area contributed by atoms with Gasteiger partial charge in [-0.2, -0.15) is 0 Å². The van der Waals surface area contributed by atoms with Crippen LogP contribution in [-0.2, 0) is 19.4 Å². The SMILES string of the molecule is CCc1cccc(CNC[C@H](O)[C@H](Cc2cc(F)cc(F)c2)NC(=O)c2ccc3ccncc3c2)c1.Cl.Cl. The molecular weight excluding hydrogens is 531 g/mol. The van der Waals surface area contributed by atoms with E-state index in [2.05, 4.69) is 34.7 Å². The summed E-state index contributed by atoms with van der Waals surface area (Å²) < 4.78 is 27.6. The lowest BCUT2D eigenvalue weighted by Crippen LogP contribution is -2.48. The Hall–Kier alpha value is -3.10. The normalized spacial score (nSPS) is 12.2. The Bertz CT molecular complexity index is 1340. The molecule has 5 nitrogen and oxygen atoms in total. The van der Waals surface area contributed by atoms with Gasteiger partial charge in [-0.05, 0) is 65.3 Å². The maximum Gasteiger partial charge on any atom is 0.251 e. The molecule has 0 saturated carbocycles. The predicted octanol–water partition coefficient (Wildman–Crippen LogP) is 5.41. The van der Waals surface area contributed by atoms with Crippen LogP contribution in [0.1, 0.15) is 34.0 Å². The lowest BCUT2D eigenvalue weighted by Gasteiger charge is -2.25. The van der Waals surface area contributed by atoms with Crippen LogP contribution >= 0.6 is 24.8 Å². The summed E-state index contributed by atoms with van der Waals surface area (Å²) in [6.07, 6.45) is 3.34. The largest absolute Gasteiger partial charge is 0.390 e. The molecule has 202 valence electrons. The average molecular weight is 562 g/mol. The van der Waals surface area contributed by atoms with E-state index in [1.54, 1.807) is 24.5 Å². The molecule has 0 saturated heterocycles. The fourth-order valence-corrected chi connectivity index (χ4v) is 4.21. The maximum atomic E-state index is 13.8. The zero-order chi connectivity index (χ0) is 25.5. The zero-order valence-corrected chi connectivity index (χ0v) is 22.5. The van der Waals surface area contributed by atoms with E-state index in [1.807, 2.05) is 24.3 Å². The lowest BCUT2D eigenvalue weighted by atomic mass is 9.99. The summed E-state index contributed by atoms with van der Waals surface area (Å²) in [5.74, 6) is -1.81. The topological polar surface area (TPSA) is 74.2 Å². The van der Waals surface area contributed by atoms with Crippen molar-refractivity contribution in [3.63, 3.8) is 0 Å². The minimum absolute atomic E-state index is 0. The average Bonchev–Trinajstić information content (AvgIpc) is 2.87. The van der Waals surface area contributed by atoms with Crippen LogP contribution in [0.25, 0.3) is 10.8 Å². The van der Waals surface area contributed by atoms with Crippen LogP contribution in [0, 0.1) is 11.6 Å². The molecule has 4 aromatic rings. The van der Waals surface area contributed by atoms with Gasteiger partial charge in [0.2, 0.25) is 0 Å². The molecule has 4 rings (SSSR count). The second-order valence-electron chi connectivity index (χ2n) is 8.87. The number of fused-ring (bicyclic) bond motifs is 1. The van der Waals surface area contributed by atoms with Gasteiger partial charge in [-0.3, -0.25) is 9.78 Å². The van der Waals surface area contributed by atoms with Gasteiger partial charge in [-0.25, -0.2) is 8.78 Å². The van der Waals surface area contributed by atoms with Crippen molar-refractivity contribution in [2.75, 3.05) is 6.54 Å². The molecule has 0 unspecified atom stereocenters. The number of hydrogen-bond acceptors (Lipinski definition) is 4. The number of aliphatic hydroxyl groups excluding tert-OH is 1. The quantitative estimate of drug-likeness (QED) is 0.242. The van der Waals surface area contributed by atoms with Gasteiger partial charge in [-0.15, -0.1) is 24.8 Å². The van der Waals surface area contributed by atoms with E-state index < -0.39 is 29.7 Å². The fourth-order valence-electron chi connectivity index (χ4n) is 4.21. The molecule has 3 N–H and O–H groups in total. The van der Waals surface area contributed by atoms with Gasteiger partial charge in [0.05, 0.1) is 12.1 Å². The van der Waals surface area contributed by atoms with Crippen molar-refractivity contribution < 1.29 is 18.7 Å². The number of nitrogens with one attached hydrogen (secondary N) is 2. The third-order valence-electron chi connectivity index (χ3n) is 6.14. The minimum atomic E-state index is -1.00. The molecule has 9 heteroatoms. The standard InChI is InChI=1S/C29H29F2N3O2.2ClH/c1-2-19-4-3-5-20(10-19)16-33-18-28(35)27(13-21-11-25(30)15-26(31)12-21)34-29(36)23-7-6-22-8-9-32-17-24(22)14-23;;/h3-12,14-15,17,27-28,33,35H,2,13,16,18H2,1H3,(H,34,36);2*1H/t27-,28-;;/m0../s1. The lowest BCUT2D eigenvalue weighted by molar-refractivity contribution is 0.0830. The molecule has 0 spiro atoms. The summed E-state index contributed by atoms with van der Waals surface area (Å²) in [6, 6.07) is 17.7. The number of aryl methyl sites for hydroxylation is 1. The van der Waals surface area contributed by atoms with Gasteiger partial charge in [0.1, 0.15) is 11.6 Å². The summed E-state index contributed by atoms with van der Waals surface area (Å²) in [4.78, 5) is 17.2. The highest BCUT2D eigenvalue weighted by molar-refractivity contribution is 5.98. The molecule has 0 aliphatic heterocycles. The number of aliphatic hydroxyl groups is 1. The van der Waals surface area contributed by atoms with E-state index in [4.69, 9.17) is 0 Å². The van der Waals surface area contributed by atoms with Gasteiger partial charge in [0, 0.05) is 42.5 Å². The van der Waals surface area contributed by atoms with Crippen LogP contribution in [0.4, 0.5) is 8.78 Å². The first kappa shape index (κ1) is 31.1. The zero-order valence-electron chi connectivity index (χ0n) is 20.9. The number of benzene rings is 3. The first-order valence-corrected chi connectivity index (χ1v) is 12.0. The predicted molar refractivity (Wildman–Crippen MR) is 151 cm³/mol. The van der Waals surface area contributed by atoms with Gasteiger partial charge in [-0.1, -0.05) is 37.3 Å². The van der Waals surface area contributed by atoms with Gasteiger partial charge in [0.15, 0.2) is 0 Å². The maximum absolute atomic E-state index is 13.8. The monoisotopic (exact) mass is 561 g/mol. The Morgan fingerprint density at radius 2 is 1.66 bits per heavy atom. The highest BCUT2D eigenvalue weighted by Gasteiger charge is 2.23. The second kappa shape index (κ2) is 14.7. The summed E-state index contributed by atoms with van der Waals surface area (Å²) in [7, 11) is 0. The van der Waals surface area contributed by atoms with Gasteiger partial charge >= 0.3 is 0 Å². The summed E-state index contributed by atoms with van der Waals surface area (Å²) >= 11 is 0. The third-order valence-corrected chi connectivity index (χ3v) is 6.14. The Morgan fingerprint density at radius 1 is 0.921 bits per heavy atom. The van der Waals surface area contributed by atoms with E-state index >= 15 is 0 Å². The first-order valence-electron chi connectivity index (χ1n) is 12.0. The molecule has 0 radical (unpaired) electrons. The molecule has 38 heavy (non-hydrogen) atoms. The van der Waals surface area contributed by atoms with Gasteiger partial charge < -0.3 is 15.7 Å². The molecule has 0 bridgehead atoms. The van der Waals surface area contributed by atoms with Crippen LogP contribution in [0.2, 0.25) is 0 Å². The van der Waals surface area contributed by atoms with E-state index in [1.165, 1.54) is 17.7 Å². The van der Waals surface area contributed by atoms with Crippen LogP contribution in [-0.4, -0.2) is 34.7 Å². The number of aromatic nitrogens is 1. The van der Waals surface area contributed by atoms with Crippen molar-refractivity contribution in [2.24, 2.45) is 0 Å². The van der Waals surface area contributed by atoms with Crippen LogP contribution in [0.5, 0.6) is 0 Å². The van der Waals surface area contributed by atoms with Crippen molar-refractivity contribution in [3.05, 3.63) is 113 Å². The van der Waals surface area contributed by atoms with E-state index in [9.17, 15) is 18.7 Å². The third kappa shape index (κ3) is 8.46. The number of carbonyl (C=O) groups is 1. The molecule has 1 heterocycles. The number of hydrogen-bond donors (Lipinski definition) is 3. The molecular formula is C29H31Cl2F2N3O2. The molecule has 1 amide bonds. The van der Waals surface area contributed by atoms with E-state index in [0.717, 1.165) is 28.8 Å². The highest BCUT2D eigenvalue weighted by Crippen LogP contribution is 2.16. The van der Waals surface area contributed by atoms with Crippen LogP contribution in [0.3, 0.4) is 0 Å². The van der Waals surface area contributed by atoms with Gasteiger partial charge in [0.25, 0.3) is 5.91 Å². The number of amides is 1. The van der Waals surface area contributed by atoms with Crippen molar-refractivity contribution in [3.8, 4) is 0 Å². The van der Waals surface area contributed by atoms with Crippen molar-refractivity contribution in [2.45, 2.75) is 38.5 Å². The Balaban J connectivity index is 0.00000253. The highest BCUT2D eigenvalue weighted by atomic mass is 35.5. The Kier molecular flexibility index (Phi) is 12.1. The van der Waals surface area contributed by atoms with Crippen molar-refractivity contribution in [1.82, 2.24) is 15.6 Å². The summed E-state index contributed by atoms with van der Waals surface area (Å²) in [5.41, 5.74) is 3.05. The first-order chi connectivity index (χ1) is 17.4. The Morgan fingerprint density at radius 3 is 2.39 bits per heavy atom.